The van der Waals surface area contributed by atoms with Crippen LogP contribution in [0.2, 0.25) is 0 Å². The summed E-state index contributed by atoms with van der Waals surface area (Å²) in [4.78, 5) is 15.9. The van der Waals surface area contributed by atoms with Gasteiger partial charge in [-0.25, -0.2) is 0 Å². The van der Waals surface area contributed by atoms with Crippen molar-refractivity contribution in [3.8, 4) is 0 Å². The van der Waals surface area contributed by atoms with Gasteiger partial charge in [0.05, 0.1) is 4.88 Å². The van der Waals surface area contributed by atoms with Crippen LogP contribution in [0, 0.1) is 5.92 Å². The standard InChI is InChI=1S/C19H24N2OS/c1-13(2)16-8-9-23-18(16)19(22)21-11-15(10-20)17(12-21)14-6-4-3-5-7-14/h3-9,13,15,17H,10-12,20H2,1-2H3/t15-,17+/m1/s1. The van der Waals surface area contributed by atoms with Crippen molar-refractivity contribution in [2.75, 3.05) is 19.6 Å². The van der Waals surface area contributed by atoms with E-state index in [1.165, 1.54) is 5.56 Å². The number of nitrogens with zero attached hydrogens (tertiary/aromatic N) is 1. The van der Waals surface area contributed by atoms with Crippen molar-refractivity contribution in [2.45, 2.75) is 25.7 Å². The first-order valence-electron chi connectivity index (χ1n) is 8.23. The second-order valence-corrected chi connectivity index (χ2v) is 7.50. The first-order valence-corrected chi connectivity index (χ1v) is 9.11. The molecule has 4 heteroatoms. The van der Waals surface area contributed by atoms with Gasteiger partial charge in [-0.1, -0.05) is 44.2 Å². The Hall–Kier alpha value is -1.65. The lowest BCUT2D eigenvalue weighted by molar-refractivity contribution is 0.0790. The highest BCUT2D eigenvalue weighted by atomic mass is 32.1. The summed E-state index contributed by atoms with van der Waals surface area (Å²) in [6.07, 6.45) is 0. The number of amides is 1. The number of likely N-dealkylation sites (tertiary alicyclic amines) is 1. The molecule has 2 atom stereocenters. The summed E-state index contributed by atoms with van der Waals surface area (Å²) in [5.41, 5.74) is 8.43. The second-order valence-electron chi connectivity index (χ2n) is 6.58. The van der Waals surface area contributed by atoms with Gasteiger partial charge in [0, 0.05) is 19.0 Å². The summed E-state index contributed by atoms with van der Waals surface area (Å²) in [5, 5.41) is 2.02. The minimum Gasteiger partial charge on any atom is -0.337 e. The van der Waals surface area contributed by atoms with Crippen molar-refractivity contribution in [2.24, 2.45) is 11.7 Å². The third-order valence-corrected chi connectivity index (χ3v) is 5.69. The van der Waals surface area contributed by atoms with E-state index in [0.29, 0.717) is 24.3 Å². The predicted octanol–water partition coefficient (Wildman–Crippen LogP) is 3.69. The summed E-state index contributed by atoms with van der Waals surface area (Å²) < 4.78 is 0. The number of hydrogen-bond acceptors (Lipinski definition) is 3. The maximum atomic E-state index is 13.0. The monoisotopic (exact) mass is 328 g/mol. The Kier molecular flexibility index (Phi) is 4.83. The third-order valence-electron chi connectivity index (χ3n) is 4.77. The van der Waals surface area contributed by atoms with Crippen LogP contribution in [0.5, 0.6) is 0 Å². The van der Waals surface area contributed by atoms with Gasteiger partial charge in [0.2, 0.25) is 0 Å². The molecule has 0 aliphatic carbocycles. The predicted molar refractivity (Wildman–Crippen MR) is 96.0 cm³/mol. The van der Waals surface area contributed by atoms with Crippen molar-refractivity contribution in [1.29, 1.82) is 0 Å². The highest BCUT2D eigenvalue weighted by Gasteiger charge is 2.36. The van der Waals surface area contributed by atoms with Gasteiger partial charge in [-0.3, -0.25) is 4.79 Å². The SMILES string of the molecule is CC(C)c1ccsc1C(=O)N1C[C@@H](CN)[C@H](c2ccccc2)C1. The number of thiophene rings is 1. The zero-order valence-corrected chi connectivity index (χ0v) is 14.6. The van der Waals surface area contributed by atoms with Gasteiger partial charge in [-0.2, -0.15) is 0 Å². The van der Waals surface area contributed by atoms with E-state index in [2.05, 4.69) is 44.2 Å². The Bertz CT molecular complexity index is 665. The van der Waals surface area contributed by atoms with Crippen molar-refractivity contribution in [3.05, 3.63) is 57.8 Å². The van der Waals surface area contributed by atoms with Crippen LogP contribution in [0.3, 0.4) is 0 Å². The molecule has 1 saturated heterocycles. The number of hydrogen-bond donors (Lipinski definition) is 1. The zero-order chi connectivity index (χ0) is 16.4. The average Bonchev–Trinajstić information content (AvgIpc) is 3.22. The lowest BCUT2D eigenvalue weighted by atomic mass is 9.89. The number of nitrogens with two attached hydrogens (primary N) is 1. The maximum absolute atomic E-state index is 13.0. The molecule has 0 unspecified atom stereocenters. The molecule has 23 heavy (non-hydrogen) atoms. The Balaban J connectivity index is 1.82. The van der Waals surface area contributed by atoms with Crippen LogP contribution in [0.4, 0.5) is 0 Å². The fraction of sp³-hybridized carbons (Fsp3) is 0.421. The topological polar surface area (TPSA) is 46.3 Å². The van der Waals surface area contributed by atoms with E-state index in [1.807, 2.05) is 16.3 Å². The van der Waals surface area contributed by atoms with Crippen molar-refractivity contribution >= 4 is 17.2 Å². The van der Waals surface area contributed by atoms with Gasteiger partial charge in [-0.15, -0.1) is 11.3 Å². The summed E-state index contributed by atoms with van der Waals surface area (Å²) in [7, 11) is 0. The first-order chi connectivity index (χ1) is 11.1. The molecule has 0 radical (unpaired) electrons. The van der Waals surface area contributed by atoms with Gasteiger partial charge in [0.1, 0.15) is 0 Å². The normalized spacial score (nSPS) is 21.1. The Morgan fingerprint density at radius 3 is 2.65 bits per heavy atom. The van der Waals surface area contributed by atoms with Gasteiger partial charge >= 0.3 is 0 Å². The summed E-state index contributed by atoms with van der Waals surface area (Å²) >= 11 is 1.56. The molecular weight excluding hydrogens is 304 g/mol. The molecule has 3 nitrogen and oxygen atoms in total. The number of benzene rings is 1. The lowest BCUT2D eigenvalue weighted by Gasteiger charge is -2.17. The van der Waals surface area contributed by atoms with E-state index < -0.39 is 0 Å². The molecule has 3 rings (SSSR count). The highest BCUT2D eigenvalue weighted by molar-refractivity contribution is 7.12. The Labute approximate surface area is 142 Å². The molecule has 0 bridgehead atoms. The van der Waals surface area contributed by atoms with Crippen LogP contribution in [0.15, 0.2) is 41.8 Å². The minimum atomic E-state index is 0.167. The van der Waals surface area contributed by atoms with Crippen LogP contribution < -0.4 is 5.73 Å². The minimum absolute atomic E-state index is 0.167. The zero-order valence-electron chi connectivity index (χ0n) is 13.7. The van der Waals surface area contributed by atoms with Gasteiger partial charge in [0.15, 0.2) is 0 Å². The molecule has 1 aromatic carbocycles. The van der Waals surface area contributed by atoms with Gasteiger partial charge in [-0.05, 0) is 41.0 Å². The molecule has 1 aliphatic heterocycles. The molecular formula is C19H24N2OS. The highest BCUT2D eigenvalue weighted by Crippen LogP contribution is 2.34. The second kappa shape index (κ2) is 6.85. The number of carbonyl (C=O) groups is 1. The van der Waals surface area contributed by atoms with Gasteiger partial charge < -0.3 is 10.6 Å². The van der Waals surface area contributed by atoms with Crippen molar-refractivity contribution in [1.82, 2.24) is 4.90 Å². The van der Waals surface area contributed by atoms with E-state index in [0.717, 1.165) is 23.5 Å². The molecule has 0 saturated carbocycles. The number of rotatable bonds is 4. The fourth-order valence-electron chi connectivity index (χ4n) is 3.45. The first kappa shape index (κ1) is 16.2. The summed E-state index contributed by atoms with van der Waals surface area (Å²) in [5.74, 6) is 1.22. The van der Waals surface area contributed by atoms with Crippen LogP contribution in [-0.2, 0) is 0 Å². The van der Waals surface area contributed by atoms with E-state index in [4.69, 9.17) is 5.73 Å². The molecule has 1 amide bonds. The van der Waals surface area contributed by atoms with E-state index in [1.54, 1.807) is 11.3 Å². The van der Waals surface area contributed by atoms with Crippen LogP contribution in [-0.4, -0.2) is 30.4 Å². The Morgan fingerprint density at radius 2 is 2.00 bits per heavy atom. The Morgan fingerprint density at radius 1 is 1.26 bits per heavy atom. The largest absolute Gasteiger partial charge is 0.337 e. The molecule has 2 aromatic rings. The molecule has 1 aromatic heterocycles. The molecule has 1 fully saturated rings. The van der Waals surface area contributed by atoms with Crippen LogP contribution >= 0.6 is 11.3 Å². The average molecular weight is 328 g/mol. The van der Waals surface area contributed by atoms with E-state index in [9.17, 15) is 4.79 Å². The smallest absolute Gasteiger partial charge is 0.264 e. The van der Waals surface area contributed by atoms with E-state index >= 15 is 0 Å². The molecule has 2 heterocycles. The molecule has 2 N–H and O–H groups in total. The maximum Gasteiger partial charge on any atom is 0.264 e. The van der Waals surface area contributed by atoms with Crippen LogP contribution in [0.1, 0.15) is 46.5 Å². The number of carbonyl (C=O) groups excluding carboxylic acids is 1. The van der Waals surface area contributed by atoms with Gasteiger partial charge in [0.25, 0.3) is 5.91 Å². The fourth-order valence-corrected chi connectivity index (χ4v) is 4.47. The summed E-state index contributed by atoms with van der Waals surface area (Å²) in [6.45, 7) is 6.41. The molecule has 122 valence electrons. The molecule has 0 spiro atoms. The summed E-state index contributed by atoms with van der Waals surface area (Å²) in [6, 6.07) is 12.5. The molecule has 1 aliphatic rings. The van der Waals surface area contributed by atoms with Crippen molar-refractivity contribution < 1.29 is 4.79 Å². The lowest BCUT2D eigenvalue weighted by Crippen LogP contribution is -2.30. The quantitative estimate of drug-likeness (QED) is 0.930. The van der Waals surface area contributed by atoms with E-state index in [-0.39, 0.29) is 5.91 Å². The van der Waals surface area contributed by atoms with Crippen LogP contribution in [0.25, 0.3) is 0 Å². The van der Waals surface area contributed by atoms with Crippen molar-refractivity contribution in [3.63, 3.8) is 0 Å². The third kappa shape index (κ3) is 3.19.